The molecular formula is C10H15N3O. The van der Waals surface area contributed by atoms with Gasteiger partial charge in [0.15, 0.2) is 0 Å². The fourth-order valence-corrected chi connectivity index (χ4v) is 1.69. The lowest BCUT2D eigenvalue weighted by Crippen LogP contribution is -2.39. The Balaban J connectivity index is 1.77. The molecule has 2 rings (SSSR count). The highest BCUT2D eigenvalue weighted by atomic mass is 16.2. The standard InChI is InChI=1S/C10H15N3O/c14-10(9-2-1-4-12-9)13-7-8-3-5-11-6-8/h3,5-6,9,11-12H,1-2,4,7H2,(H,13,14)/t9-/m1/s1. The first-order valence-electron chi connectivity index (χ1n) is 4.99. The Morgan fingerprint density at radius 3 is 3.21 bits per heavy atom. The summed E-state index contributed by atoms with van der Waals surface area (Å²) in [5.41, 5.74) is 1.11. The maximum absolute atomic E-state index is 11.6. The Kier molecular flexibility index (Phi) is 2.84. The summed E-state index contributed by atoms with van der Waals surface area (Å²) in [6, 6.07) is 1.98. The van der Waals surface area contributed by atoms with Crippen molar-refractivity contribution in [1.29, 1.82) is 0 Å². The molecule has 4 nitrogen and oxygen atoms in total. The zero-order valence-electron chi connectivity index (χ0n) is 8.05. The average molecular weight is 193 g/mol. The molecule has 0 aromatic carbocycles. The summed E-state index contributed by atoms with van der Waals surface area (Å²) >= 11 is 0. The van der Waals surface area contributed by atoms with Gasteiger partial charge in [0.2, 0.25) is 5.91 Å². The third-order valence-corrected chi connectivity index (χ3v) is 2.51. The predicted molar refractivity (Wildman–Crippen MR) is 53.7 cm³/mol. The summed E-state index contributed by atoms with van der Waals surface area (Å²) in [5, 5.41) is 6.07. The number of nitrogens with one attached hydrogen (secondary N) is 3. The molecule has 0 bridgehead atoms. The molecule has 1 saturated heterocycles. The Bertz CT molecular complexity index is 288. The summed E-state index contributed by atoms with van der Waals surface area (Å²) in [7, 11) is 0. The highest BCUT2D eigenvalue weighted by Crippen LogP contribution is 2.05. The van der Waals surface area contributed by atoms with Crippen LogP contribution in [0.15, 0.2) is 18.5 Å². The molecule has 1 aliphatic rings. The van der Waals surface area contributed by atoms with Crippen molar-refractivity contribution in [2.45, 2.75) is 25.4 Å². The second-order valence-electron chi connectivity index (χ2n) is 3.59. The first-order chi connectivity index (χ1) is 6.86. The first kappa shape index (κ1) is 9.27. The molecule has 0 aliphatic carbocycles. The quantitative estimate of drug-likeness (QED) is 0.650. The molecule has 76 valence electrons. The molecule has 14 heavy (non-hydrogen) atoms. The SMILES string of the molecule is O=C(NCc1cc[nH]c1)[C@H]1CCCN1. The highest BCUT2D eigenvalue weighted by molar-refractivity contribution is 5.81. The van der Waals surface area contributed by atoms with Gasteiger partial charge in [0.25, 0.3) is 0 Å². The monoisotopic (exact) mass is 193 g/mol. The van der Waals surface area contributed by atoms with Gasteiger partial charge in [0, 0.05) is 18.9 Å². The van der Waals surface area contributed by atoms with Crippen molar-refractivity contribution < 1.29 is 4.79 Å². The van der Waals surface area contributed by atoms with Gasteiger partial charge < -0.3 is 15.6 Å². The van der Waals surface area contributed by atoms with Crippen LogP contribution in [0.25, 0.3) is 0 Å². The van der Waals surface area contributed by atoms with Crippen LogP contribution >= 0.6 is 0 Å². The van der Waals surface area contributed by atoms with E-state index in [4.69, 9.17) is 0 Å². The van der Waals surface area contributed by atoms with E-state index < -0.39 is 0 Å². The fourth-order valence-electron chi connectivity index (χ4n) is 1.69. The highest BCUT2D eigenvalue weighted by Gasteiger charge is 2.21. The van der Waals surface area contributed by atoms with Crippen LogP contribution in [-0.2, 0) is 11.3 Å². The molecule has 0 radical (unpaired) electrons. The number of amides is 1. The van der Waals surface area contributed by atoms with Gasteiger partial charge in [0.05, 0.1) is 6.04 Å². The maximum Gasteiger partial charge on any atom is 0.237 e. The zero-order valence-corrected chi connectivity index (χ0v) is 8.05. The molecule has 0 spiro atoms. The molecule has 0 saturated carbocycles. The van der Waals surface area contributed by atoms with Crippen molar-refractivity contribution in [1.82, 2.24) is 15.6 Å². The normalized spacial score (nSPS) is 21.0. The van der Waals surface area contributed by atoms with Crippen LogP contribution in [0.5, 0.6) is 0 Å². The molecule has 2 heterocycles. The second-order valence-corrected chi connectivity index (χ2v) is 3.59. The van der Waals surface area contributed by atoms with Crippen molar-refractivity contribution in [2.24, 2.45) is 0 Å². The molecule has 1 atom stereocenters. The van der Waals surface area contributed by atoms with Gasteiger partial charge in [-0.15, -0.1) is 0 Å². The summed E-state index contributed by atoms with van der Waals surface area (Å²) in [4.78, 5) is 14.5. The Morgan fingerprint density at radius 2 is 2.57 bits per heavy atom. The average Bonchev–Trinajstić information content (AvgIpc) is 2.87. The van der Waals surface area contributed by atoms with Crippen molar-refractivity contribution in [3.8, 4) is 0 Å². The number of rotatable bonds is 3. The number of aromatic nitrogens is 1. The number of aromatic amines is 1. The van der Waals surface area contributed by atoms with Gasteiger partial charge in [-0.05, 0) is 31.0 Å². The van der Waals surface area contributed by atoms with Gasteiger partial charge in [-0.2, -0.15) is 0 Å². The van der Waals surface area contributed by atoms with Crippen molar-refractivity contribution in [2.75, 3.05) is 6.54 Å². The molecule has 4 heteroatoms. The molecule has 0 unspecified atom stereocenters. The molecular weight excluding hydrogens is 178 g/mol. The smallest absolute Gasteiger partial charge is 0.237 e. The van der Waals surface area contributed by atoms with Crippen molar-refractivity contribution in [3.05, 3.63) is 24.0 Å². The largest absolute Gasteiger partial charge is 0.367 e. The third-order valence-electron chi connectivity index (χ3n) is 2.51. The number of H-pyrrole nitrogens is 1. The van der Waals surface area contributed by atoms with E-state index in [9.17, 15) is 4.79 Å². The Hall–Kier alpha value is -1.29. The van der Waals surface area contributed by atoms with Crippen LogP contribution in [0.1, 0.15) is 18.4 Å². The minimum atomic E-state index is 0.0222. The molecule has 1 aliphatic heterocycles. The maximum atomic E-state index is 11.6. The van der Waals surface area contributed by atoms with Gasteiger partial charge >= 0.3 is 0 Å². The number of hydrogen-bond acceptors (Lipinski definition) is 2. The van der Waals surface area contributed by atoms with Gasteiger partial charge in [-0.3, -0.25) is 4.79 Å². The summed E-state index contributed by atoms with van der Waals surface area (Å²) in [5.74, 6) is 0.115. The first-order valence-corrected chi connectivity index (χ1v) is 4.99. The van der Waals surface area contributed by atoms with Gasteiger partial charge in [-0.1, -0.05) is 0 Å². The lowest BCUT2D eigenvalue weighted by Gasteiger charge is -2.09. The van der Waals surface area contributed by atoms with Crippen LogP contribution in [0, 0.1) is 0 Å². The van der Waals surface area contributed by atoms with Crippen LogP contribution in [0.3, 0.4) is 0 Å². The van der Waals surface area contributed by atoms with E-state index >= 15 is 0 Å². The number of carbonyl (C=O) groups is 1. The predicted octanol–water partition coefficient (Wildman–Crippen LogP) is 0.383. The summed E-state index contributed by atoms with van der Waals surface area (Å²) < 4.78 is 0. The van der Waals surface area contributed by atoms with Crippen LogP contribution in [-0.4, -0.2) is 23.5 Å². The molecule has 3 N–H and O–H groups in total. The topological polar surface area (TPSA) is 56.9 Å². The van der Waals surface area contributed by atoms with E-state index in [1.807, 2.05) is 18.5 Å². The van der Waals surface area contributed by atoms with E-state index in [2.05, 4.69) is 15.6 Å². The van der Waals surface area contributed by atoms with Crippen molar-refractivity contribution >= 4 is 5.91 Å². The lowest BCUT2D eigenvalue weighted by atomic mass is 10.2. The van der Waals surface area contributed by atoms with Crippen LogP contribution in [0.4, 0.5) is 0 Å². The van der Waals surface area contributed by atoms with Crippen LogP contribution < -0.4 is 10.6 Å². The molecule has 1 fully saturated rings. The van der Waals surface area contributed by atoms with Gasteiger partial charge in [0.1, 0.15) is 0 Å². The van der Waals surface area contributed by atoms with E-state index in [0.29, 0.717) is 6.54 Å². The second kappa shape index (κ2) is 4.28. The minimum absolute atomic E-state index is 0.0222. The molecule has 1 aromatic heterocycles. The zero-order chi connectivity index (χ0) is 9.80. The van der Waals surface area contributed by atoms with E-state index in [1.165, 1.54) is 0 Å². The van der Waals surface area contributed by atoms with E-state index in [1.54, 1.807) is 0 Å². The number of carbonyl (C=O) groups excluding carboxylic acids is 1. The molecule has 1 aromatic rings. The summed E-state index contributed by atoms with van der Waals surface area (Å²) in [6.07, 6.45) is 5.80. The lowest BCUT2D eigenvalue weighted by molar-refractivity contribution is -0.122. The van der Waals surface area contributed by atoms with E-state index in [0.717, 1.165) is 24.9 Å². The minimum Gasteiger partial charge on any atom is -0.367 e. The Labute approximate surface area is 83.1 Å². The van der Waals surface area contributed by atoms with E-state index in [-0.39, 0.29) is 11.9 Å². The Morgan fingerprint density at radius 1 is 1.64 bits per heavy atom. The molecule has 1 amide bonds. The third kappa shape index (κ3) is 2.14. The van der Waals surface area contributed by atoms with Gasteiger partial charge in [-0.25, -0.2) is 0 Å². The van der Waals surface area contributed by atoms with Crippen LogP contribution in [0.2, 0.25) is 0 Å². The summed E-state index contributed by atoms with van der Waals surface area (Å²) in [6.45, 7) is 1.57. The fraction of sp³-hybridized carbons (Fsp3) is 0.500. The van der Waals surface area contributed by atoms with Crippen molar-refractivity contribution in [3.63, 3.8) is 0 Å². The number of hydrogen-bond donors (Lipinski definition) is 3.